The van der Waals surface area contributed by atoms with E-state index in [0.29, 0.717) is 16.5 Å². The van der Waals surface area contributed by atoms with E-state index in [9.17, 15) is 4.79 Å². The zero-order valence-electron chi connectivity index (χ0n) is 8.12. The Kier molecular flexibility index (Phi) is 2.68. The molecule has 0 radical (unpaired) electrons. The van der Waals surface area contributed by atoms with E-state index in [1.807, 2.05) is 0 Å². The fraction of sp³-hybridized carbons (Fsp3) is 0.300. The van der Waals surface area contributed by atoms with E-state index in [4.69, 9.17) is 16.3 Å². The summed E-state index contributed by atoms with van der Waals surface area (Å²) in [6, 6.07) is 4.86. The molecule has 0 bridgehead atoms. The molecule has 0 aromatic heterocycles. The van der Waals surface area contributed by atoms with Crippen LogP contribution in [0.25, 0.3) is 0 Å². The van der Waals surface area contributed by atoms with Crippen LogP contribution >= 0.6 is 11.6 Å². The van der Waals surface area contributed by atoms with Gasteiger partial charge in [0.1, 0.15) is 6.61 Å². The predicted octanol–water partition coefficient (Wildman–Crippen LogP) is 1.69. The van der Waals surface area contributed by atoms with Crippen molar-refractivity contribution in [3.8, 4) is 5.75 Å². The SMILES string of the molecule is COC(=O)C1COc2c(Cl)cccc2N1. The highest BCUT2D eigenvalue weighted by molar-refractivity contribution is 6.32. The molecule has 5 heteroatoms. The molecule has 1 aromatic carbocycles. The van der Waals surface area contributed by atoms with Crippen molar-refractivity contribution in [2.75, 3.05) is 19.0 Å². The first-order chi connectivity index (χ1) is 7.22. The Morgan fingerprint density at radius 3 is 3.20 bits per heavy atom. The van der Waals surface area contributed by atoms with Crippen molar-refractivity contribution in [1.82, 2.24) is 0 Å². The van der Waals surface area contributed by atoms with Gasteiger partial charge in [-0.15, -0.1) is 0 Å². The maximum atomic E-state index is 11.3. The van der Waals surface area contributed by atoms with Crippen molar-refractivity contribution in [2.45, 2.75) is 6.04 Å². The quantitative estimate of drug-likeness (QED) is 0.742. The number of benzene rings is 1. The van der Waals surface area contributed by atoms with Gasteiger partial charge in [-0.2, -0.15) is 0 Å². The van der Waals surface area contributed by atoms with Crippen molar-refractivity contribution in [2.24, 2.45) is 0 Å². The minimum Gasteiger partial charge on any atom is -0.487 e. The molecular formula is C10H10ClNO3. The van der Waals surface area contributed by atoms with Crippen molar-refractivity contribution >= 4 is 23.3 Å². The average Bonchev–Trinajstić information content (AvgIpc) is 2.28. The molecule has 2 rings (SSSR count). The first kappa shape index (κ1) is 10.1. The monoisotopic (exact) mass is 227 g/mol. The molecule has 0 spiro atoms. The van der Waals surface area contributed by atoms with Gasteiger partial charge in [0.15, 0.2) is 11.8 Å². The molecule has 1 atom stereocenters. The number of para-hydroxylation sites is 1. The number of nitrogens with one attached hydrogen (secondary N) is 1. The molecule has 80 valence electrons. The first-order valence-electron chi connectivity index (χ1n) is 4.48. The number of ether oxygens (including phenoxy) is 2. The summed E-state index contributed by atoms with van der Waals surface area (Å²) in [5.74, 6) is 0.236. The lowest BCUT2D eigenvalue weighted by atomic mass is 10.2. The number of carbonyl (C=O) groups excluding carboxylic acids is 1. The van der Waals surface area contributed by atoms with Crippen molar-refractivity contribution in [3.05, 3.63) is 23.2 Å². The summed E-state index contributed by atoms with van der Waals surface area (Å²) < 4.78 is 10.0. The number of anilines is 1. The topological polar surface area (TPSA) is 47.6 Å². The maximum Gasteiger partial charge on any atom is 0.331 e. The lowest BCUT2D eigenvalue weighted by Crippen LogP contribution is -2.39. The van der Waals surface area contributed by atoms with Gasteiger partial charge < -0.3 is 14.8 Å². The van der Waals surface area contributed by atoms with Gasteiger partial charge in [-0.25, -0.2) is 4.79 Å². The largest absolute Gasteiger partial charge is 0.487 e. The van der Waals surface area contributed by atoms with Crippen molar-refractivity contribution in [1.29, 1.82) is 0 Å². The zero-order valence-corrected chi connectivity index (χ0v) is 8.88. The standard InChI is InChI=1S/C10H10ClNO3/c1-14-10(13)8-5-15-9-6(11)3-2-4-7(9)12-8/h2-4,8,12H,5H2,1H3. The van der Waals surface area contributed by atoms with Gasteiger partial charge in [-0.3, -0.25) is 0 Å². The lowest BCUT2D eigenvalue weighted by molar-refractivity contribution is -0.142. The van der Waals surface area contributed by atoms with E-state index in [2.05, 4.69) is 10.1 Å². The van der Waals surface area contributed by atoms with Gasteiger partial charge in [0.2, 0.25) is 0 Å². The third-order valence-electron chi connectivity index (χ3n) is 2.18. The van der Waals surface area contributed by atoms with Gasteiger partial charge in [-0.05, 0) is 12.1 Å². The molecule has 1 N–H and O–H groups in total. The van der Waals surface area contributed by atoms with Crippen LogP contribution in [0.15, 0.2) is 18.2 Å². The van der Waals surface area contributed by atoms with Gasteiger partial charge in [0.25, 0.3) is 0 Å². The fourth-order valence-electron chi connectivity index (χ4n) is 1.43. The molecule has 1 unspecified atom stereocenters. The van der Waals surface area contributed by atoms with E-state index in [1.54, 1.807) is 18.2 Å². The lowest BCUT2D eigenvalue weighted by Gasteiger charge is -2.26. The van der Waals surface area contributed by atoms with Crippen LogP contribution in [0.3, 0.4) is 0 Å². The molecule has 0 amide bonds. The van der Waals surface area contributed by atoms with Crippen LogP contribution in [0.1, 0.15) is 0 Å². The maximum absolute atomic E-state index is 11.3. The number of esters is 1. The average molecular weight is 228 g/mol. The van der Waals surface area contributed by atoms with Crippen LogP contribution in [0.4, 0.5) is 5.69 Å². The van der Waals surface area contributed by atoms with Gasteiger partial charge in [0.05, 0.1) is 17.8 Å². The molecule has 0 fully saturated rings. The third-order valence-corrected chi connectivity index (χ3v) is 2.47. The van der Waals surface area contributed by atoms with Gasteiger partial charge >= 0.3 is 5.97 Å². The van der Waals surface area contributed by atoms with Crippen LogP contribution in [0.2, 0.25) is 5.02 Å². The summed E-state index contributed by atoms with van der Waals surface area (Å²) in [6.45, 7) is 0.226. The zero-order chi connectivity index (χ0) is 10.8. The second kappa shape index (κ2) is 3.98. The van der Waals surface area contributed by atoms with Crippen LogP contribution in [-0.2, 0) is 9.53 Å². The first-order valence-corrected chi connectivity index (χ1v) is 4.86. The van der Waals surface area contributed by atoms with E-state index in [0.717, 1.165) is 0 Å². The highest BCUT2D eigenvalue weighted by Crippen LogP contribution is 2.35. The second-order valence-corrected chi connectivity index (χ2v) is 3.55. The number of halogens is 1. The molecule has 4 nitrogen and oxygen atoms in total. The normalized spacial score (nSPS) is 18.4. The number of fused-ring (bicyclic) bond motifs is 1. The molecule has 15 heavy (non-hydrogen) atoms. The third kappa shape index (κ3) is 1.85. The van der Waals surface area contributed by atoms with Crippen molar-refractivity contribution < 1.29 is 14.3 Å². The van der Waals surface area contributed by atoms with Crippen LogP contribution in [0.5, 0.6) is 5.75 Å². The highest BCUT2D eigenvalue weighted by atomic mass is 35.5. The molecule has 1 heterocycles. The molecule has 1 aliphatic rings. The number of hydrogen-bond donors (Lipinski definition) is 1. The second-order valence-electron chi connectivity index (χ2n) is 3.15. The van der Waals surface area contributed by atoms with E-state index in [1.165, 1.54) is 7.11 Å². The summed E-state index contributed by atoms with van der Waals surface area (Å²) in [5, 5.41) is 3.54. The Hall–Kier alpha value is -1.42. The molecule has 1 aliphatic heterocycles. The summed E-state index contributed by atoms with van der Waals surface area (Å²) in [4.78, 5) is 11.3. The molecular weight excluding hydrogens is 218 g/mol. The number of hydrogen-bond acceptors (Lipinski definition) is 4. The van der Waals surface area contributed by atoms with Crippen LogP contribution < -0.4 is 10.1 Å². The summed E-state index contributed by atoms with van der Waals surface area (Å²) >= 11 is 5.92. The van der Waals surface area contributed by atoms with Gasteiger partial charge in [0, 0.05) is 0 Å². The predicted molar refractivity (Wildman–Crippen MR) is 56.4 cm³/mol. The number of carbonyl (C=O) groups is 1. The summed E-state index contributed by atoms with van der Waals surface area (Å²) in [6.07, 6.45) is 0. The fourth-order valence-corrected chi connectivity index (χ4v) is 1.66. The minimum absolute atomic E-state index is 0.226. The Morgan fingerprint density at radius 2 is 2.47 bits per heavy atom. The van der Waals surface area contributed by atoms with E-state index >= 15 is 0 Å². The molecule has 0 saturated carbocycles. The summed E-state index contributed by atoms with van der Waals surface area (Å²) in [5.41, 5.74) is 0.712. The highest BCUT2D eigenvalue weighted by Gasteiger charge is 2.26. The summed E-state index contributed by atoms with van der Waals surface area (Å²) in [7, 11) is 1.34. The number of methoxy groups -OCH3 is 1. The Labute approximate surface area is 92.1 Å². The number of rotatable bonds is 1. The van der Waals surface area contributed by atoms with Crippen LogP contribution in [-0.4, -0.2) is 25.7 Å². The van der Waals surface area contributed by atoms with E-state index < -0.39 is 6.04 Å². The molecule has 0 saturated heterocycles. The molecule has 0 aliphatic carbocycles. The minimum atomic E-state index is -0.471. The van der Waals surface area contributed by atoms with Crippen LogP contribution in [0, 0.1) is 0 Å². The molecule has 1 aromatic rings. The van der Waals surface area contributed by atoms with Gasteiger partial charge in [-0.1, -0.05) is 17.7 Å². The smallest absolute Gasteiger partial charge is 0.331 e. The Morgan fingerprint density at radius 1 is 1.67 bits per heavy atom. The van der Waals surface area contributed by atoms with Crippen molar-refractivity contribution in [3.63, 3.8) is 0 Å². The Balaban J connectivity index is 2.24. The van der Waals surface area contributed by atoms with E-state index in [-0.39, 0.29) is 12.6 Å². The Bertz CT molecular complexity index is 394.